The number of ether oxygens (including phenoxy) is 1. The average molecular weight is 359 g/mol. The van der Waals surface area contributed by atoms with Crippen molar-refractivity contribution in [3.8, 4) is 0 Å². The number of hydrogen-bond donors (Lipinski definition) is 3. The molecule has 1 aromatic carbocycles. The Bertz CT molecular complexity index is 614. The van der Waals surface area contributed by atoms with Crippen LogP contribution in [0, 0.1) is 11.3 Å². The Balaban J connectivity index is 1.47. The Kier molecular flexibility index (Phi) is 6.27. The van der Waals surface area contributed by atoms with E-state index in [0.717, 1.165) is 50.0 Å². The highest BCUT2D eigenvalue weighted by Gasteiger charge is 2.32. The molecule has 0 spiro atoms. The van der Waals surface area contributed by atoms with Crippen molar-refractivity contribution in [3.63, 3.8) is 0 Å². The standard InChI is InChI=1S/C20H29N3O3/c1-26-14-20(8-10-21-11-9-20)13-22-18(24)12-15-2-6-17(7-3-15)23-19(25)16-4-5-16/h2-3,6-7,16,21H,4-5,8-14H2,1H3,(H,22,24)(H,23,25). The van der Waals surface area contributed by atoms with E-state index in [2.05, 4.69) is 16.0 Å². The van der Waals surface area contributed by atoms with E-state index in [9.17, 15) is 9.59 Å². The largest absolute Gasteiger partial charge is 0.384 e. The van der Waals surface area contributed by atoms with Crippen molar-refractivity contribution < 1.29 is 14.3 Å². The third-order valence-corrected chi connectivity index (χ3v) is 5.31. The fraction of sp³-hybridized carbons (Fsp3) is 0.600. The number of nitrogens with one attached hydrogen (secondary N) is 3. The van der Waals surface area contributed by atoms with Crippen molar-refractivity contribution in [1.29, 1.82) is 0 Å². The molecule has 0 unspecified atom stereocenters. The van der Waals surface area contributed by atoms with Crippen LogP contribution in [-0.2, 0) is 20.7 Å². The summed E-state index contributed by atoms with van der Waals surface area (Å²) in [6.07, 6.45) is 4.35. The summed E-state index contributed by atoms with van der Waals surface area (Å²) >= 11 is 0. The van der Waals surface area contributed by atoms with Crippen molar-refractivity contribution in [2.45, 2.75) is 32.1 Å². The van der Waals surface area contributed by atoms with Gasteiger partial charge in [-0.15, -0.1) is 0 Å². The van der Waals surface area contributed by atoms with Crippen molar-refractivity contribution in [1.82, 2.24) is 10.6 Å². The molecular weight excluding hydrogens is 330 g/mol. The maximum Gasteiger partial charge on any atom is 0.227 e. The lowest BCUT2D eigenvalue weighted by atomic mass is 9.79. The van der Waals surface area contributed by atoms with Crippen molar-refractivity contribution in [3.05, 3.63) is 29.8 Å². The second-order valence-corrected chi connectivity index (χ2v) is 7.60. The number of piperidine rings is 1. The van der Waals surface area contributed by atoms with Crippen LogP contribution in [0.1, 0.15) is 31.2 Å². The molecule has 26 heavy (non-hydrogen) atoms. The van der Waals surface area contributed by atoms with Crippen LogP contribution in [0.3, 0.4) is 0 Å². The van der Waals surface area contributed by atoms with Gasteiger partial charge >= 0.3 is 0 Å². The summed E-state index contributed by atoms with van der Waals surface area (Å²) in [5.74, 6) is 0.310. The van der Waals surface area contributed by atoms with Gasteiger partial charge in [0.05, 0.1) is 13.0 Å². The Morgan fingerprint density at radius 1 is 1.19 bits per heavy atom. The van der Waals surface area contributed by atoms with Gasteiger partial charge in [-0.05, 0) is 56.5 Å². The summed E-state index contributed by atoms with van der Waals surface area (Å²) in [4.78, 5) is 24.1. The van der Waals surface area contributed by atoms with Crippen molar-refractivity contribution in [2.75, 3.05) is 38.7 Å². The lowest BCUT2D eigenvalue weighted by Gasteiger charge is -2.37. The highest BCUT2D eigenvalue weighted by atomic mass is 16.5. The van der Waals surface area contributed by atoms with E-state index in [1.165, 1.54) is 0 Å². The zero-order valence-electron chi connectivity index (χ0n) is 15.5. The second kappa shape index (κ2) is 8.64. The number of carbonyl (C=O) groups excluding carboxylic acids is 2. The van der Waals surface area contributed by atoms with Gasteiger partial charge in [-0.25, -0.2) is 0 Å². The fourth-order valence-electron chi connectivity index (χ4n) is 3.47. The SMILES string of the molecule is COCC1(CNC(=O)Cc2ccc(NC(=O)C3CC3)cc2)CCNCC1. The lowest BCUT2D eigenvalue weighted by molar-refractivity contribution is -0.121. The number of amides is 2. The maximum atomic E-state index is 12.3. The molecule has 3 N–H and O–H groups in total. The second-order valence-electron chi connectivity index (χ2n) is 7.60. The molecule has 3 rings (SSSR count). The molecule has 1 saturated carbocycles. The van der Waals surface area contributed by atoms with E-state index >= 15 is 0 Å². The molecular formula is C20H29N3O3. The molecule has 1 aliphatic heterocycles. The number of anilines is 1. The minimum absolute atomic E-state index is 0.0220. The van der Waals surface area contributed by atoms with Gasteiger partial charge in [0.25, 0.3) is 0 Å². The van der Waals surface area contributed by atoms with Crippen molar-refractivity contribution >= 4 is 17.5 Å². The number of hydrogen-bond acceptors (Lipinski definition) is 4. The van der Waals surface area contributed by atoms with Gasteiger partial charge in [-0.1, -0.05) is 12.1 Å². The Labute approximate surface area is 155 Å². The molecule has 1 aliphatic carbocycles. The topological polar surface area (TPSA) is 79.5 Å². The van der Waals surface area contributed by atoms with E-state index in [4.69, 9.17) is 4.74 Å². The zero-order valence-corrected chi connectivity index (χ0v) is 15.5. The van der Waals surface area contributed by atoms with Crippen LogP contribution in [0.2, 0.25) is 0 Å². The van der Waals surface area contributed by atoms with Crippen LogP contribution in [0.25, 0.3) is 0 Å². The number of rotatable bonds is 8. The van der Waals surface area contributed by atoms with Gasteiger partial charge in [0, 0.05) is 30.7 Å². The first-order valence-electron chi connectivity index (χ1n) is 9.46. The molecule has 2 amide bonds. The normalized spacial score (nSPS) is 19.0. The Hall–Kier alpha value is -1.92. The smallest absolute Gasteiger partial charge is 0.227 e. The van der Waals surface area contributed by atoms with Gasteiger partial charge < -0.3 is 20.7 Å². The molecule has 142 valence electrons. The fourth-order valence-corrected chi connectivity index (χ4v) is 3.47. The maximum absolute atomic E-state index is 12.3. The number of methoxy groups -OCH3 is 1. The summed E-state index contributed by atoms with van der Waals surface area (Å²) in [6.45, 7) is 3.25. The summed E-state index contributed by atoms with van der Waals surface area (Å²) in [5, 5.41) is 9.35. The van der Waals surface area contributed by atoms with Crippen molar-refractivity contribution in [2.24, 2.45) is 11.3 Å². The lowest BCUT2D eigenvalue weighted by Crippen LogP contribution is -2.47. The van der Waals surface area contributed by atoms with E-state index in [1.807, 2.05) is 24.3 Å². The first-order valence-corrected chi connectivity index (χ1v) is 9.46. The predicted octanol–water partition coefficient (Wildman–Crippen LogP) is 1.71. The van der Waals surface area contributed by atoms with Crippen LogP contribution in [-0.4, -0.2) is 45.2 Å². The quantitative estimate of drug-likeness (QED) is 0.660. The highest BCUT2D eigenvalue weighted by Crippen LogP contribution is 2.30. The molecule has 0 bridgehead atoms. The molecule has 2 fully saturated rings. The van der Waals surface area contributed by atoms with E-state index in [0.29, 0.717) is 19.6 Å². The number of benzene rings is 1. The van der Waals surface area contributed by atoms with Gasteiger partial charge in [0.1, 0.15) is 0 Å². The summed E-state index contributed by atoms with van der Waals surface area (Å²) < 4.78 is 5.39. The summed E-state index contributed by atoms with van der Waals surface area (Å²) in [7, 11) is 1.72. The molecule has 0 radical (unpaired) electrons. The molecule has 6 nitrogen and oxygen atoms in total. The van der Waals surface area contributed by atoms with Crippen LogP contribution in [0.15, 0.2) is 24.3 Å². The molecule has 1 heterocycles. The first kappa shape index (κ1) is 18.9. The van der Waals surface area contributed by atoms with E-state index in [1.54, 1.807) is 7.11 Å². The summed E-state index contributed by atoms with van der Waals surface area (Å²) in [5.41, 5.74) is 1.77. The summed E-state index contributed by atoms with van der Waals surface area (Å²) in [6, 6.07) is 7.53. The third-order valence-electron chi connectivity index (χ3n) is 5.31. The monoisotopic (exact) mass is 359 g/mol. The molecule has 1 aromatic rings. The molecule has 0 aromatic heterocycles. The van der Waals surface area contributed by atoms with Gasteiger partial charge in [0.15, 0.2) is 0 Å². The molecule has 1 saturated heterocycles. The Morgan fingerprint density at radius 2 is 1.88 bits per heavy atom. The van der Waals surface area contributed by atoms with Crippen LogP contribution < -0.4 is 16.0 Å². The number of carbonyl (C=O) groups is 2. The van der Waals surface area contributed by atoms with Crippen LogP contribution >= 0.6 is 0 Å². The molecule has 0 atom stereocenters. The van der Waals surface area contributed by atoms with E-state index < -0.39 is 0 Å². The van der Waals surface area contributed by atoms with Crippen LogP contribution in [0.5, 0.6) is 0 Å². The first-order chi connectivity index (χ1) is 12.6. The van der Waals surface area contributed by atoms with Gasteiger partial charge in [-0.3, -0.25) is 9.59 Å². The zero-order chi connectivity index (χ0) is 18.4. The molecule has 6 heteroatoms. The highest BCUT2D eigenvalue weighted by molar-refractivity contribution is 5.94. The Morgan fingerprint density at radius 3 is 2.50 bits per heavy atom. The molecule has 2 aliphatic rings. The minimum Gasteiger partial charge on any atom is -0.384 e. The van der Waals surface area contributed by atoms with E-state index in [-0.39, 0.29) is 23.1 Å². The average Bonchev–Trinajstić information content (AvgIpc) is 3.48. The van der Waals surface area contributed by atoms with Crippen LogP contribution in [0.4, 0.5) is 5.69 Å². The minimum atomic E-state index is 0.0220. The van der Waals surface area contributed by atoms with Gasteiger partial charge in [-0.2, -0.15) is 0 Å². The predicted molar refractivity (Wildman–Crippen MR) is 101 cm³/mol. The van der Waals surface area contributed by atoms with Gasteiger partial charge in [0.2, 0.25) is 11.8 Å². The third kappa shape index (κ3) is 5.29.